The van der Waals surface area contributed by atoms with Crippen molar-refractivity contribution in [1.82, 2.24) is 0 Å². The van der Waals surface area contributed by atoms with Gasteiger partial charge in [0.05, 0.1) is 7.11 Å². The Morgan fingerprint density at radius 1 is 1.00 bits per heavy atom. The van der Waals surface area contributed by atoms with E-state index in [1.807, 2.05) is 0 Å². The summed E-state index contributed by atoms with van der Waals surface area (Å²) in [6.07, 6.45) is -7.88. The molecule has 1 unspecified atom stereocenters. The van der Waals surface area contributed by atoms with Crippen molar-refractivity contribution in [2.24, 2.45) is 0 Å². The summed E-state index contributed by atoms with van der Waals surface area (Å²) in [5, 5.41) is 19.3. The van der Waals surface area contributed by atoms with Crippen LogP contribution in [-0.4, -0.2) is 65.9 Å². The van der Waals surface area contributed by atoms with E-state index in [0.29, 0.717) is 0 Å². The minimum atomic E-state index is -1.80. The molecule has 1 aliphatic rings. The number of hydrogen-bond acceptors (Lipinski definition) is 9. The second kappa shape index (κ2) is 6.64. The molecule has 0 bridgehead atoms. The van der Waals surface area contributed by atoms with E-state index in [2.05, 4.69) is 4.74 Å². The number of methoxy groups -OCH3 is 1. The van der Waals surface area contributed by atoms with Crippen LogP contribution >= 0.6 is 0 Å². The van der Waals surface area contributed by atoms with Crippen molar-refractivity contribution >= 4 is 17.9 Å². The molecule has 0 aliphatic carbocycles. The largest absolute Gasteiger partial charge is 0.467 e. The van der Waals surface area contributed by atoms with Crippen LogP contribution in [0.15, 0.2) is 0 Å². The maximum absolute atomic E-state index is 11.6. The van der Waals surface area contributed by atoms with Gasteiger partial charge >= 0.3 is 17.9 Å². The summed E-state index contributed by atoms with van der Waals surface area (Å²) in [4.78, 5) is 33.7. The highest BCUT2D eigenvalue weighted by Crippen LogP contribution is 2.26. The molecule has 0 radical (unpaired) electrons. The number of aliphatic hydroxyl groups excluding tert-OH is 2. The Morgan fingerprint density at radius 2 is 1.50 bits per heavy atom. The van der Waals surface area contributed by atoms with Crippen molar-refractivity contribution in [3.8, 4) is 0 Å². The van der Waals surface area contributed by atoms with E-state index in [-0.39, 0.29) is 0 Å². The molecular formula is C11H16O9. The molecule has 0 amide bonds. The molecule has 9 heteroatoms. The van der Waals surface area contributed by atoms with Gasteiger partial charge < -0.3 is 29.2 Å². The molecule has 1 heterocycles. The van der Waals surface area contributed by atoms with Gasteiger partial charge in [0.1, 0.15) is 6.10 Å². The lowest BCUT2D eigenvalue weighted by molar-refractivity contribution is -0.286. The number of carbonyl (C=O) groups excluding carboxylic acids is 3. The van der Waals surface area contributed by atoms with Crippen LogP contribution in [0.4, 0.5) is 0 Å². The molecule has 114 valence electrons. The van der Waals surface area contributed by atoms with Crippen molar-refractivity contribution < 1.29 is 43.5 Å². The highest BCUT2D eigenvalue weighted by atomic mass is 16.7. The van der Waals surface area contributed by atoms with E-state index in [4.69, 9.17) is 14.2 Å². The zero-order valence-corrected chi connectivity index (χ0v) is 11.1. The molecule has 2 N–H and O–H groups in total. The molecule has 0 aromatic carbocycles. The highest BCUT2D eigenvalue weighted by Gasteiger charge is 2.52. The molecule has 20 heavy (non-hydrogen) atoms. The first-order chi connectivity index (χ1) is 9.27. The molecule has 1 aliphatic heterocycles. The van der Waals surface area contributed by atoms with E-state index in [9.17, 15) is 24.6 Å². The van der Waals surface area contributed by atoms with Gasteiger partial charge in [-0.1, -0.05) is 0 Å². The number of aliphatic hydroxyl groups is 2. The van der Waals surface area contributed by atoms with E-state index in [0.717, 1.165) is 21.0 Å². The molecule has 0 spiro atoms. The van der Waals surface area contributed by atoms with Crippen LogP contribution in [-0.2, 0) is 33.3 Å². The van der Waals surface area contributed by atoms with Gasteiger partial charge in [-0.25, -0.2) is 4.79 Å². The normalized spacial score (nSPS) is 33.1. The molecule has 1 saturated heterocycles. The van der Waals surface area contributed by atoms with E-state index < -0.39 is 48.6 Å². The summed E-state index contributed by atoms with van der Waals surface area (Å²) in [7, 11) is 1.06. The van der Waals surface area contributed by atoms with Crippen LogP contribution in [0.25, 0.3) is 0 Å². The number of rotatable bonds is 3. The quantitative estimate of drug-likeness (QED) is 0.452. The summed E-state index contributed by atoms with van der Waals surface area (Å²) < 4.78 is 18.9. The maximum atomic E-state index is 11.6. The third-order valence-corrected chi connectivity index (χ3v) is 2.57. The number of hydrogen-bond donors (Lipinski definition) is 2. The van der Waals surface area contributed by atoms with Crippen LogP contribution < -0.4 is 0 Å². The third kappa shape index (κ3) is 3.65. The SMILES string of the molecule is COC(=O)[C@H]1OC(O)[C@H](O)[C@@H](OC(C)=O)[C@H]1OC(C)=O. The second-order valence-corrected chi connectivity index (χ2v) is 4.11. The Kier molecular flexibility index (Phi) is 5.43. The van der Waals surface area contributed by atoms with Crippen LogP contribution in [0.2, 0.25) is 0 Å². The minimum absolute atomic E-state index is 0.784. The predicted molar refractivity (Wildman–Crippen MR) is 60.0 cm³/mol. The summed E-state index contributed by atoms with van der Waals surface area (Å²) in [5.41, 5.74) is 0. The Labute approximate surface area is 114 Å². The lowest BCUT2D eigenvalue weighted by Gasteiger charge is -2.40. The van der Waals surface area contributed by atoms with Crippen molar-refractivity contribution in [2.45, 2.75) is 44.6 Å². The molecule has 1 rings (SSSR count). The van der Waals surface area contributed by atoms with E-state index in [1.54, 1.807) is 0 Å². The minimum Gasteiger partial charge on any atom is -0.467 e. The Bertz CT molecular complexity index is 393. The van der Waals surface area contributed by atoms with Gasteiger partial charge in [-0.15, -0.1) is 0 Å². The fourth-order valence-corrected chi connectivity index (χ4v) is 1.79. The monoisotopic (exact) mass is 292 g/mol. The summed E-state index contributed by atoms with van der Waals surface area (Å²) >= 11 is 0. The molecule has 5 atom stereocenters. The molecular weight excluding hydrogens is 276 g/mol. The Hall–Kier alpha value is -1.71. The maximum Gasteiger partial charge on any atom is 0.339 e. The standard InChI is InChI=1S/C11H16O9/c1-4(12)18-7-6(14)10(15)20-9(11(16)17-3)8(7)19-5(2)13/h6-10,14-15H,1-3H3/t6-,7-,8-,9+,10?/m1/s1. The van der Waals surface area contributed by atoms with Crippen LogP contribution in [0.3, 0.4) is 0 Å². The van der Waals surface area contributed by atoms with Crippen molar-refractivity contribution in [1.29, 1.82) is 0 Å². The van der Waals surface area contributed by atoms with Gasteiger partial charge in [0.15, 0.2) is 24.6 Å². The van der Waals surface area contributed by atoms with E-state index >= 15 is 0 Å². The highest BCUT2D eigenvalue weighted by molar-refractivity contribution is 5.77. The van der Waals surface area contributed by atoms with Gasteiger partial charge in [0, 0.05) is 13.8 Å². The first kappa shape index (κ1) is 16.3. The Morgan fingerprint density at radius 3 is 1.95 bits per heavy atom. The van der Waals surface area contributed by atoms with Gasteiger partial charge in [0.2, 0.25) is 0 Å². The molecule has 0 aromatic rings. The number of carbonyl (C=O) groups is 3. The van der Waals surface area contributed by atoms with Gasteiger partial charge in [-0.05, 0) is 0 Å². The predicted octanol–water partition coefficient (Wildman–Crippen LogP) is -1.90. The second-order valence-electron chi connectivity index (χ2n) is 4.11. The first-order valence-corrected chi connectivity index (χ1v) is 5.71. The van der Waals surface area contributed by atoms with Crippen molar-refractivity contribution in [3.63, 3.8) is 0 Å². The summed E-state index contributed by atoms with van der Waals surface area (Å²) in [6, 6.07) is 0. The molecule has 1 fully saturated rings. The van der Waals surface area contributed by atoms with Crippen LogP contribution in [0.5, 0.6) is 0 Å². The fraction of sp³-hybridized carbons (Fsp3) is 0.727. The third-order valence-electron chi connectivity index (χ3n) is 2.57. The van der Waals surface area contributed by atoms with Crippen molar-refractivity contribution in [2.75, 3.05) is 7.11 Å². The average Bonchev–Trinajstić information content (AvgIpc) is 2.36. The van der Waals surface area contributed by atoms with Crippen molar-refractivity contribution in [3.05, 3.63) is 0 Å². The number of ether oxygens (including phenoxy) is 4. The smallest absolute Gasteiger partial charge is 0.339 e. The van der Waals surface area contributed by atoms with Crippen LogP contribution in [0, 0.1) is 0 Å². The van der Waals surface area contributed by atoms with Crippen LogP contribution in [0.1, 0.15) is 13.8 Å². The molecule has 0 aromatic heterocycles. The topological polar surface area (TPSA) is 129 Å². The summed E-state index contributed by atoms with van der Waals surface area (Å²) in [6.45, 7) is 2.13. The first-order valence-electron chi connectivity index (χ1n) is 5.71. The molecule has 9 nitrogen and oxygen atoms in total. The van der Waals surface area contributed by atoms with Gasteiger partial charge in [-0.3, -0.25) is 9.59 Å². The Balaban J connectivity index is 3.07. The average molecular weight is 292 g/mol. The fourth-order valence-electron chi connectivity index (χ4n) is 1.79. The zero-order chi connectivity index (χ0) is 15.4. The molecule has 0 saturated carbocycles. The van der Waals surface area contributed by atoms with Gasteiger partial charge in [-0.2, -0.15) is 0 Å². The summed E-state index contributed by atoms with van der Waals surface area (Å²) in [5.74, 6) is -2.52. The van der Waals surface area contributed by atoms with E-state index in [1.165, 1.54) is 0 Å². The zero-order valence-electron chi connectivity index (χ0n) is 11.1. The van der Waals surface area contributed by atoms with Gasteiger partial charge in [0.25, 0.3) is 0 Å². The lowest BCUT2D eigenvalue weighted by Crippen LogP contribution is -2.62. The number of esters is 3. The lowest BCUT2D eigenvalue weighted by atomic mass is 9.98.